The van der Waals surface area contributed by atoms with Crippen LogP contribution in [0.1, 0.15) is 43.0 Å². The van der Waals surface area contributed by atoms with Crippen LogP contribution in [0, 0.1) is 36.5 Å². The second kappa shape index (κ2) is 4.57. The van der Waals surface area contributed by atoms with Crippen molar-refractivity contribution >= 4 is 22.7 Å². The molecule has 4 nitrogen and oxygen atoms in total. The Balaban J connectivity index is 2.54. The van der Waals surface area contributed by atoms with Gasteiger partial charge in [0.1, 0.15) is 17.7 Å². The Labute approximate surface area is 135 Å². The minimum Gasteiger partial charge on any atom is -0.298 e. The van der Waals surface area contributed by atoms with Crippen LogP contribution in [-0.4, -0.2) is 11.4 Å². The molecule has 3 rings (SSSR count). The standard InChI is InChI=1S/C19H17N3O/c1-10-6-14-11(2)7-19(4,5)22-17(14)15(12(10)3)16(18(22)23)13(8-20)9-21/h6-7H,1-5H3. The molecule has 0 saturated carbocycles. The summed E-state index contributed by atoms with van der Waals surface area (Å²) in [6, 6.07) is 5.86. The minimum atomic E-state index is -0.498. The average molecular weight is 303 g/mol. The van der Waals surface area contributed by atoms with Gasteiger partial charge in [0.2, 0.25) is 0 Å². The fourth-order valence-corrected chi connectivity index (χ4v) is 3.65. The number of hydrogen-bond acceptors (Lipinski definition) is 3. The first-order valence-corrected chi connectivity index (χ1v) is 7.48. The van der Waals surface area contributed by atoms with E-state index in [4.69, 9.17) is 0 Å². The molecular weight excluding hydrogens is 286 g/mol. The SMILES string of the molecule is CC1=CC(C)(C)N2C(=O)C(=C(C#N)C#N)c3c(C)c(C)cc1c32. The fraction of sp³-hybridized carbons (Fsp3) is 0.316. The van der Waals surface area contributed by atoms with Gasteiger partial charge in [-0.2, -0.15) is 10.5 Å². The highest BCUT2D eigenvalue weighted by Gasteiger charge is 2.46. The van der Waals surface area contributed by atoms with Crippen molar-refractivity contribution in [3.05, 3.63) is 40.0 Å². The van der Waals surface area contributed by atoms with Gasteiger partial charge in [-0.3, -0.25) is 9.69 Å². The molecule has 1 aromatic carbocycles. The minimum absolute atomic E-state index is 0.117. The quantitative estimate of drug-likeness (QED) is 0.542. The van der Waals surface area contributed by atoms with E-state index in [1.54, 1.807) is 4.90 Å². The lowest BCUT2D eigenvalue weighted by molar-refractivity contribution is -0.113. The lowest BCUT2D eigenvalue weighted by Gasteiger charge is -2.39. The van der Waals surface area contributed by atoms with Gasteiger partial charge < -0.3 is 0 Å². The first-order chi connectivity index (χ1) is 10.7. The molecule has 0 saturated heterocycles. The van der Waals surface area contributed by atoms with Crippen LogP contribution in [0.5, 0.6) is 0 Å². The summed E-state index contributed by atoms with van der Waals surface area (Å²) < 4.78 is 0. The van der Waals surface area contributed by atoms with E-state index in [0.29, 0.717) is 0 Å². The third kappa shape index (κ3) is 1.79. The molecule has 2 aliphatic heterocycles. The number of nitrogens with zero attached hydrogens (tertiary/aromatic N) is 3. The van der Waals surface area contributed by atoms with Crippen molar-refractivity contribution < 1.29 is 4.79 Å². The van der Waals surface area contributed by atoms with Crippen LogP contribution in [0.2, 0.25) is 0 Å². The van der Waals surface area contributed by atoms with E-state index in [1.165, 1.54) is 0 Å². The maximum atomic E-state index is 13.1. The van der Waals surface area contributed by atoms with Gasteiger partial charge in [0.25, 0.3) is 5.91 Å². The Morgan fingerprint density at radius 2 is 1.78 bits per heavy atom. The number of amides is 1. The molecule has 1 amide bonds. The Hall–Kier alpha value is -2.85. The van der Waals surface area contributed by atoms with Crippen molar-refractivity contribution in [2.24, 2.45) is 0 Å². The smallest absolute Gasteiger partial charge is 0.261 e. The first-order valence-electron chi connectivity index (χ1n) is 7.48. The molecule has 0 fully saturated rings. The average Bonchev–Trinajstić information content (AvgIpc) is 2.78. The number of anilines is 1. The van der Waals surface area contributed by atoms with Crippen LogP contribution in [-0.2, 0) is 4.79 Å². The molecular formula is C19H17N3O. The van der Waals surface area contributed by atoms with E-state index in [9.17, 15) is 15.3 Å². The molecule has 0 radical (unpaired) electrons. The molecule has 2 heterocycles. The van der Waals surface area contributed by atoms with Crippen molar-refractivity contribution in [1.29, 1.82) is 10.5 Å². The second-order valence-corrected chi connectivity index (χ2v) is 6.68. The van der Waals surface area contributed by atoms with Crippen molar-refractivity contribution in [2.75, 3.05) is 4.90 Å². The zero-order chi connectivity index (χ0) is 17.1. The van der Waals surface area contributed by atoms with E-state index in [0.717, 1.165) is 33.5 Å². The lowest BCUT2D eigenvalue weighted by Crippen LogP contribution is -2.46. The van der Waals surface area contributed by atoms with Gasteiger partial charge in [-0.25, -0.2) is 0 Å². The maximum Gasteiger partial charge on any atom is 0.261 e. The van der Waals surface area contributed by atoms with Crippen LogP contribution in [0.4, 0.5) is 5.69 Å². The summed E-state index contributed by atoms with van der Waals surface area (Å²) in [5, 5.41) is 18.6. The lowest BCUT2D eigenvalue weighted by atomic mass is 9.86. The number of allylic oxidation sites excluding steroid dienone is 2. The van der Waals surface area contributed by atoms with E-state index < -0.39 is 5.54 Å². The second-order valence-electron chi connectivity index (χ2n) is 6.68. The molecule has 0 aliphatic carbocycles. The molecule has 0 N–H and O–H groups in total. The number of rotatable bonds is 0. The number of hydrogen-bond donors (Lipinski definition) is 0. The van der Waals surface area contributed by atoms with Crippen molar-refractivity contribution in [2.45, 2.75) is 40.2 Å². The van der Waals surface area contributed by atoms with Gasteiger partial charge in [0.05, 0.1) is 16.8 Å². The van der Waals surface area contributed by atoms with Crippen LogP contribution in [0.3, 0.4) is 0 Å². The highest BCUT2D eigenvalue weighted by molar-refractivity contribution is 6.36. The van der Waals surface area contributed by atoms with Crippen molar-refractivity contribution in [3.8, 4) is 12.1 Å². The third-order valence-electron chi connectivity index (χ3n) is 4.75. The highest BCUT2D eigenvalue weighted by Crippen LogP contribution is 2.51. The number of carbonyl (C=O) groups is 1. The summed E-state index contributed by atoms with van der Waals surface area (Å²) in [6.45, 7) is 9.90. The maximum absolute atomic E-state index is 13.1. The number of carbonyl (C=O) groups excluding carboxylic acids is 1. The molecule has 114 valence electrons. The number of aryl methyl sites for hydroxylation is 1. The number of nitriles is 2. The zero-order valence-corrected chi connectivity index (χ0v) is 13.9. The van der Waals surface area contributed by atoms with Crippen molar-refractivity contribution in [3.63, 3.8) is 0 Å². The van der Waals surface area contributed by atoms with E-state index in [-0.39, 0.29) is 17.1 Å². The Kier molecular flexibility index (Phi) is 2.99. The zero-order valence-electron chi connectivity index (χ0n) is 13.9. The molecule has 1 aromatic rings. The Morgan fingerprint density at radius 3 is 2.35 bits per heavy atom. The van der Waals surface area contributed by atoms with Gasteiger partial charge >= 0.3 is 0 Å². The van der Waals surface area contributed by atoms with Crippen LogP contribution in [0.15, 0.2) is 17.7 Å². The Morgan fingerprint density at radius 1 is 1.17 bits per heavy atom. The molecule has 0 unspecified atom stereocenters. The van der Waals surface area contributed by atoms with E-state index >= 15 is 0 Å². The summed E-state index contributed by atoms with van der Waals surface area (Å²) in [5.41, 5.74) is 5.30. The summed E-state index contributed by atoms with van der Waals surface area (Å²) in [5.74, 6) is -0.262. The fourth-order valence-electron chi connectivity index (χ4n) is 3.65. The summed E-state index contributed by atoms with van der Waals surface area (Å²) in [4.78, 5) is 14.8. The molecule has 23 heavy (non-hydrogen) atoms. The molecule has 0 spiro atoms. The monoisotopic (exact) mass is 303 g/mol. The molecule has 4 heteroatoms. The van der Waals surface area contributed by atoms with E-state index in [2.05, 4.69) is 12.1 Å². The largest absolute Gasteiger partial charge is 0.298 e. The first kappa shape index (κ1) is 15.1. The van der Waals surface area contributed by atoms with Gasteiger partial charge in [-0.05, 0) is 57.4 Å². The van der Waals surface area contributed by atoms with Crippen molar-refractivity contribution in [1.82, 2.24) is 0 Å². The van der Waals surface area contributed by atoms with Gasteiger partial charge in [-0.15, -0.1) is 0 Å². The molecule has 0 bridgehead atoms. The summed E-state index contributed by atoms with van der Waals surface area (Å²) in [6.07, 6.45) is 2.06. The van der Waals surface area contributed by atoms with Crippen LogP contribution in [0.25, 0.3) is 11.1 Å². The molecule has 0 aromatic heterocycles. The molecule has 2 aliphatic rings. The predicted octanol–water partition coefficient (Wildman–Crippen LogP) is 3.65. The number of benzene rings is 1. The van der Waals surface area contributed by atoms with Crippen LogP contribution >= 0.6 is 0 Å². The van der Waals surface area contributed by atoms with Crippen LogP contribution < -0.4 is 4.90 Å². The van der Waals surface area contributed by atoms with Gasteiger partial charge in [-0.1, -0.05) is 6.08 Å². The summed E-state index contributed by atoms with van der Waals surface area (Å²) in [7, 11) is 0. The summed E-state index contributed by atoms with van der Waals surface area (Å²) >= 11 is 0. The van der Waals surface area contributed by atoms with Gasteiger partial charge in [0, 0.05) is 11.1 Å². The molecule has 0 atom stereocenters. The third-order valence-corrected chi connectivity index (χ3v) is 4.75. The van der Waals surface area contributed by atoms with E-state index in [1.807, 2.05) is 46.8 Å². The predicted molar refractivity (Wildman–Crippen MR) is 89.3 cm³/mol. The highest BCUT2D eigenvalue weighted by atomic mass is 16.2. The Bertz CT molecular complexity index is 901. The normalized spacial score (nSPS) is 17.3. The van der Waals surface area contributed by atoms with Gasteiger partial charge in [0.15, 0.2) is 0 Å². The topological polar surface area (TPSA) is 67.9 Å².